The molecular formula is C16H33NO4Si. The number of aliphatic hydroxyl groups is 1. The van der Waals surface area contributed by atoms with Crippen molar-refractivity contribution in [1.29, 1.82) is 0 Å². The second-order valence-electron chi connectivity index (χ2n) is 8.65. The standard InChI is InChI=1S/C16H33NO4Si/c1-15(2,3)20-14(19)17-11-9-10-12(17)13(18)21-22(7,8)16(4,5)6/h12-13,18H,9-11H2,1-8H3/t12-,13?/m0/s1. The van der Waals surface area contributed by atoms with Crippen LogP contribution in [0.1, 0.15) is 54.4 Å². The van der Waals surface area contributed by atoms with E-state index in [0.29, 0.717) is 6.54 Å². The van der Waals surface area contributed by atoms with E-state index in [1.165, 1.54) is 0 Å². The van der Waals surface area contributed by atoms with Crippen LogP contribution >= 0.6 is 0 Å². The molecule has 6 heteroatoms. The second kappa shape index (κ2) is 6.49. The molecule has 5 nitrogen and oxygen atoms in total. The zero-order valence-corrected chi connectivity index (χ0v) is 16.4. The molecule has 0 aromatic heterocycles. The summed E-state index contributed by atoms with van der Waals surface area (Å²) in [5.74, 6) is 0. The van der Waals surface area contributed by atoms with E-state index < -0.39 is 20.2 Å². The molecule has 1 saturated heterocycles. The van der Waals surface area contributed by atoms with E-state index in [1.807, 2.05) is 20.8 Å². The quantitative estimate of drug-likeness (QED) is 0.632. The van der Waals surface area contributed by atoms with Crippen molar-refractivity contribution in [3.63, 3.8) is 0 Å². The van der Waals surface area contributed by atoms with Crippen LogP contribution in [0, 0.1) is 0 Å². The fourth-order valence-corrected chi connectivity index (χ4v) is 3.31. The lowest BCUT2D eigenvalue weighted by atomic mass is 10.2. The number of hydrogen-bond acceptors (Lipinski definition) is 4. The molecule has 2 atom stereocenters. The summed E-state index contributed by atoms with van der Waals surface area (Å²) in [4.78, 5) is 13.9. The highest BCUT2D eigenvalue weighted by atomic mass is 28.4. The summed E-state index contributed by atoms with van der Waals surface area (Å²) in [5.41, 5.74) is -0.532. The number of hydrogen-bond donors (Lipinski definition) is 1. The average molecular weight is 332 g/mol. The summed E-state index contributed by atoms with van der Waals surface area (Å²) in [6.07, 6.45) is 0.292. The highest BCUT2D eigenvalue weighted by molar-refractivity contribution is 6.74. The summed E-state index contributed by atoms with van der Waals surface area (Å²) in [7, 11) is -2.08. The third kappa shape index (κ3) is 4.96. The maximum Gasteiger partial charge on any atom is 0.410 e. The number of carbonyl (C=O) groups is 1. The third-order valence-electron chi connectivity index (χ3n) is 4.48. The van der Waals surface area contributed by atoms with Crippen molar-refractivity contribution in [2.45, 2.75) is 90.4 Å². The van der Waals surface area contributed by atoms with Gasteiger partial charge in [-0.1, -0.05) is 20.8 Å². The maximum atomic E-state index is 12.3. The molecule has 1 heterocycles. The van der Waals surface area contributed by atoms with Crippen LogP contribution in [0.2, 0.25) is 18.1 Å². The van der Waals surface area contributed by atoms with Crippen LogP contribution in [0.4, 0.5) is 4.79 Å². The van der Waals surface area contributed by atoms with E-state index >= 15 is 0 Å². The summed E-state index contributed by atoms with van der Waals surface area (Å²) in [5, 5.41) is 10.5. The normalized spacial score (nSPS) is 21.9. The van der Waals surface area contributed by atoms with Crippen LogP contribution in [0.3, 0.4) is 0 Å². The summed E-state index contributed by atoms with van der Waals surface area (Å²) in [6.45, 7) is 16.7. The summed E-state index contributed by atoms with van der Waals surface area (Å²) < 4.78 is 11.5. The second-order valence-corrected chi connectivity index (χ2v) is 13.4. The average Bonchev–Trinajstić information content (AvgIpc) is 2.72. The van der Waals surface area contributed by atoms with Gasteiger partial charge in [-0.05, 0) is 51.7 Å². The van der Waals surface area contributed by atoms with Gasteiger partial charge in [-0.2, -0.15) is 0 Å². The van der Waals surface area contributed by atoms with Crippen molar-refractivity contribution in [3.05, 3.63) is 0 Å². The van der Waals surface area contributed by atoms with Crippen LogP contribution in [0.25, 0.3) is 0 Å². The minimum absolute atomic E-state index is 0.0172. The molecule has 1 N–H and O–H groups in total. The lowest BCUT2D eigenvalue weighted by Gasteiger charge is -2.40. The number of rotatable bonds is 3. The molecule has 0 bridgehead atoms. The summed E-state index contributed by atoms with van der Waals surface area (Å²) in [6, 6.07) is -0.316. The van der Waals surface area contributed by atoms with Gasteiger partial charge in [0.1, 0.15) is 5.60 Å². The lowest BCUT2D eigenvalue weighted by Crippen LogP contribution is -2.51. The highest BCUT2D eigenvalue weighted by Gasteiger charge is 2.43. The van der Waals surface area contributed by atoms with E-state index in [9.17, 15) is 9.90 Å². The van der Waals surface area contributed by atoms with Crippen molar-refractivity contribution in [1.82, 2.24) is 4.90 Å². The molecular weight excluding hydrogens is 298 g/mol. The fourth-order valence-electron chi connectivity index (χ4n) is 2.19. The Morgan fingerprint density at radius 3 is 2.23 bits per heavy atom. The molecule has 1 aliphatic heterocycles. The van der Waals surface area contributed by atoms with Crippen LogP contribution in [0.5, 0.6) is 0 Å². The molecule has 1 rings (SSSR count). The molecule has 0 aromatic carbocycles. The molecule has 0 radical (unpaired) electrons. The molecule has 0 aromatic rings. The zero-order chi connectivity index (χ0) is 17.3. The largest absolute Gasteiger partial charge is 0.444 e. The van der Waals surface area contributed by atoms with Gasteiger partial charge in [-0.25, -0.2) is 4.79 Å². The monoisotopic (exact) mass is 331 g/mol. The topological polar surface area (TPSA) is 59.0 Å². The predicted octanol–water partition coefficient (Wildman–Crippen LogP) is 3.73. The number of carbonyl (C=O) groups excluding carboxylic acids is 1. The van der Waals surface area contributed by atoms with E-state index in [2.05, 4.69) is 33.9 Å². The molecule has 0 aliphatic carbocycles. The minimum atomic E-state index is -2.08. The van der Waals surface area contributed by atoms with Gasteiger partial charge in [-0.3, -0.25) is 0 Å². The first kappa shape index (κ1) is 19.5. The van der Waals surface area contributed by atoms with Crippen LogP contribution in [-0.4, -0.2) is 48.9 Å². The Labute approximate surface area is 136 Å². The van der Waals surface area contributed by atoms with E-state index in [-0.39, 0.29) is 17.2 Å². The van der Waals surface area contributed by atoms with E-state index in [0.717, 1.165) is 12.8 Å². The Balaban J connectivity index is 2.76. The number of ether oxygens (including phenoxy) is 1. The number of amides is 1. The van der Waals surface area contributed by atoms with Crippen molar-refractivity contribution in [2.24, 2.45) is 0 Å². The van der Waals surface area contributed by atoms with Gasteiger partial charge in [0.25, 0.3) is 0 Å². The van der Waals surface area contributed by atoms with Crippen molar-refractivity contribution in [2.75, 3.05) is 6.54 Å². The van der Waals surface area contributed by atoms with Crippen molar-refractivity contribution >= 4 is 14.4 Å². The Morgan fingerprint density at radius 2 is 1.77 bits per heavy atom. The predicted molar refractivity (Wildman–Crippen MR) is 90.3 cm³/mol. The molecule has 130 valence electrons. The smallest absolute Gasteiger partial charge is 0.410 e. The molecule has 1 amide bonds. The van der Waals surface area contributed by atoms with Crippen molar-refractivity contribution < 1.29 is 19.1 Å². The van der Waals surface area contributed by atoms with Crippen LogP contribution in [0.15, 0.2) is 0 Å². The molecule has 22 heavy (non-hydrogen) atoms. The first-order valence-electron chi connectivity index (χ1n) is 8.10. The van der Waals surface area contributed by atoms with Gasteiger partial charge in [0.2, 0.25) is 0 Å². The third-order valence-corrected chi connectivity index (χ3v) is 8.92. The van der Waals surface area contributed by atoms with Gasteiger partial charge < -0.3 is 19.2 Å². The molecule has 1 unspecified atom stereocenters. The van der Waals surface area contributed by atoms with E-state index in [4.69, 9.17) is 9.16 Å². The Morgan fingerprint density at radius 1 is 1.23 bits per heavy atom. The molecule has 1 aliphatic rings. The Kier molecular flexibility index (Phi) is 5.74. The first-order chi connectivity index (χ1) is 9.74. The van der Waals surface area contributed by atoms with Gasteiger partial charge in [0.15, 0.2) is 14.6 Å². The van der Waals surface area contributed by atoms with Crippen LogP contribution < -0.4 is 0 Å². The molecule has 0 spiro atoms. The van der Waals surface area contributed by atoms with Gasteiger partial charge in [0, 0.05) is 6.54 Å². The highest BCUT2D eigenvalue weighted by Crippen LogP contribution is 2.38. The number of aliphatic hydroxyl groups excluding tert-OH is 1. The lowest BCUT2D eigenvalue weighted by molar-refractivity contribution is -0.0816. The van der Waals surface area contributed by atoms with Gasteiger partial charge in [0.05, 0.1) is 6.04 Å². The van der Waals surface area contributed by atoms with Crippen molar-refractivity contribution in [3.8, 4) is 0 Å². The Hall–Kier alpha value is -0.593. The minimum Gasteiger partial charge on any atom is -0.444 e. The number of nitrogens with zero attached hydrogens (tertiary/aromatic N) is 1. The van der Waals surface area contributed by atoms with E-state index in [1.54, 1.807) is 4.90 Å². The zero-order valence-electron chi connectivity index (χ0n) is 15.4. The molecule has 0 saturated carbocycles. The number of likely N-dealkylation sites (tertiary alicyclic amines) is 1. The SMILES string of the molecule is CC(C)(C)OC(=O)N1CCC[C@H]1C(O)O[Si](C)(C)C(C)(C)C. The summed E-state index contributed by atoms with van der Waals surface area (Å²) >= 11 is 0. The maximum absolute atomic E-state index is 12.3. The Bertz CT molecular complexity index is 398. The van der Waals surface area contributed by atoms with Gasteiger partial charge >= 0.3 is 6.09 Å². The molecule has 1 fully saturated rings. The van der Waals surface area contributed by atoms with Gasteiger partial charge in [-0.15, -0.1) is 0 Å². The van der Waals surface area contributed by atoms with Crippen LogP contribution in [-0.2, 0) is 9.16 Å². The fraction of sp³-hybridized carbons (Fsp3) is 0.938. The first-order valence-corrected chi connectivity index (χ1v) is 11.0.